The molecule has 4 heterocycles. The van der Waals surface area contributed by atoms with Gasteiger partial charge in [0.15, 0.2) is 11.4 Å². The number of allylic oxidation sites excluding steroid dienone is 14. The average Bonchev–Trinajstić information content (AvgIpc) is 1.60. The van der Waals surface area contributed by atoms with Crippen molar-refractivity contribution in [2.75, 3.05) is 46.8 Å². The molecular formula is C106H102N6+2. The summed E-state index contributed by atoms with van der Waals surface area (Å²) >= 11 is 0. The molecule has 6 heteroatoms. The maximum atomic E-state index is 2.70. The van der Waals surface area contributed by atoms with E-state index in [4.69, 9.17) is 0 Å². The molecule has 0 spiro atoms. The Bertz CT molecular complexity index is 5630. The molecule has 2 aliphatic carbocycles. The molecule has 0 N–H and O–H groups in total. The number of fused-ring (bicyclic) bond motifs is 12. The van der Waals surface area contributed by atoms with Crippen molar-refractivity contribution in [3.8, 4) is 0 Å². The molecule has 12 aromatic carbocycles. The van der Waals surface area contributed by atoms with Crippen LogP contribution in [0.5, 0.6) is 0 Å². The van der Waals surface area contributed by atoms with Crippen LogP contribution in [0.2, 0.25) is 0 Å². The van der Waals surface area contributed by atoms with Gasteiger partial charge < -0.3 is 19.6 Å². The highest BCUT2D eigenvalue weighted by Gasteiger charge is 2.48. The lowest BCUT2D eigenvalue weighted by Crippen LogP contribution is -2.28. The van der Waals surface area contributed by atoms with E-state index in [1.165, 1.54) is 145 Å². The van der Waals surface area contributed by atoms with Crippen LogP contribution in [0.3, 0.4) is 0 Å². The molecular weight excluding hydrogens is 1360 g/mol. The number of unbranched alkanes of at least 4 members (excludes halogenated alkanes) is 3. The van der Waals surface area contributed by atoms with Crippen LogP contribution in [0.25, 0.3) is 43.1 Å². The van der Waals surface area contributed by atoms with Gasteiger partial charge in [-0.2, -0.15) is 9.15 Å². The first-order valence-electron chi connectivity index (χ1n) is 40.8. The van der Waals surface area contributed by atoms with E-state index in [0.717, 1.165) is 87.2 Å². The Morgan fingerprint density at radius 2 is 0.607 bits per heavy atom. The lowest BCUT2D eigenvalue weighted by atomic mass is 9.79. The van der Waals surface area contributed by atoms with Gasteiger partial charge >= 0.3 is 0 Å². The Hall–Kier alpha value is -11.9. The summed E-state index contributed by atoms with van der Waals surface area (Å²) in [6.45, 7) is 21.4. The summed E-state index contributed by atoms with van der Waals surface area (Å²) < 4.78 is 5.41. The van der Waals surface area contributed by atoms with Crippen LogP contribution in [0.1, 0.15) is 129 Å². The largest absolute Gasteiger partial charge is 0.347 e. The minimum Gasteiger partial charge on any atom is -0.347 e. The van der Waals surface area contributed by atoms with E-state index in [1.54, 1.807) is 0 Å². The fraction of sp³-hybridized carbons (Fsp3) is 0.226. The van der Waals surface area contributed by atoms with Crippen molar-refractivity contribution in [2.24, 2.45) is 0 Å². The van der Waals surface area contributed by atoms with Crippen molar-refractivity contribution in [1.82, 2.24) is 0 Å². The summed E-state index contributed by atoms with van der Waals surface area (Å²) in [4.78, 5) is 9.91. The number of anilines is 6. The van der Waals surface area contributed by atoms with Crippen molar-refractivity contribution >= 4 is 100 Å². The first kappa shape index (κ1) is 71.7. The molecule has 12 aromatic rings. The van der Waals surface area contributed by atoms with Crippen LogP contribution in [0.4, 0.5) is 45.5 Å². The minimum atomic E-state index is -0.273. The second kappa shape index (κ2) is 28.8. The summed E-state index contributed by atoms with van der Waals surface area (Å²) in [6.07, 6.45) is 27.9. The summed E-state index contributed by atoms with van der Waals surface area (Å²) in [6, 6.07) is 98.7. The van der Waals surface area contributed by atoms with Gasteiger partial charge in [0.2, 0.25) is 11.4 Å². The van der Waals surface area contributed by atoms with Gasteiger partial charge in [-0.3, -0.25) is 0 Å². The Morgan fingerprint density at radius 3 is 0.946 bits per heavy atom. The van der Waals surface area contributed by atoms with Gasteiger partial charge in [-0.25, -0.2) is 0 Å². The minimum absolute atomic E-state index is 0.208. The van der Waals surface area contributed by atoms with Crippen molar-refractivity contribution < 1.29 is 9.15 Å². The van der Waals surface area contributed by atoms with Gasteiger partial charge in [-0.15, -0.1) is 0 Å². The van der Waals surface area contributed by atoms with Crippen LogP contribution in [0, 0.1) is 0 Å². The maximum Gasteiger partial charge on any atom is 0.210 e. The summed E-state index contributed by atoms with van der Waals surface area (Å²) in [7, 11) is 4.51. The molecule has 112 heavy (non-hydrogen) atoms. The lowest BCUT2D eigenvalue weighted by molar-refractivity contribution is -0.440. The average molecular weight is 1460 g/mol. The van der Waals surface area contributed by atoms with E-state index < -0.39 is 0 Å². The Morgan fingerprint density at radius 1 is 0.304 bits per heavy atom. The molecule has 18 rings (SSSR count). The molecule has 0 atom stereocenters. The number of para-hydroxylation sites is 4. The number of nitrogens with zero attached hydrogens (tertiary/aromatic N) is 6. The summed E-state index contributed by atoms with van der Waals surface area (Å²) in [5.74, 6) is 0. The standard InChI is InChI=1S/C106H102N6/c1-103(2)93(107(9)89-63-55-73-35-25-29-47-85(73)97(89)103)67-59-77-51-53-79(101(77)111(81-39-17-13-18-40-81)82-41-19-14-20-42-82)61-69-95-105(5,6)99-87-49-31-27-37-75(87)57-65-91(99)109(95)71-33-11-12-34-72-110-92-66-58-76-38-28-32-50-88(76)100(92)106(7,8)96(110)70-62-80-54-52-78(102(80)112(83-43-21-15-22-44-83)84-45-23-16-24-46-84)60-68-94-104(3,4)98-86-48-30-26-36-74(86)56-64-90(98)108(94)10/h13-32,35-50,55-70H,11-12,33-34,51-54,71-72H2,1-10H3/q+2. The molecule has 6 nitrogen and oxygen atoms in total. The van der Waals surface area contributed by atoms with E-state index >= 15 is 0 Å². The van der Waals surface area contributed by atoms with Crippen molar-refractivity contribution in [3.63, 3.8) is 0 Å². The number of rotatable bonds is 19. The van der Waals surface area contributed by atoms with Crippen molar-refractivity contribution in [3.05, 3.63) is 383 Å². The number of hydrogen-bond donors (Lipinski definition) is 0. The molecule has 0 aromatic heterocycles. The van der Waals surface area contributed by atoms with Gasteiger partial charge in [0.1, 0.15) is 13.1 Å². The summed E-state index contributed by atoms with van der Waals surface area (Å²) in [5.41, 5.74) is 27.7. The van der Waals surface area contributed by atoms with E-state index in [-0.39, 0.29) is 21.7 Å². The number of hydrogen-bond acceptors (Lipinski definition) is 4. The van der Waals surface area contributed by atoms with Gasteiger partial charge in [0, 0.05) is 119 Å². The Balaban J connectivity index is 0.684. The molecule has 0 fully saturated rings. The second-order valence-corrected chi connectivity index (χ2v) is 33.7. The zero-order valence-corrected chi connectivity index (χ0v) is 66.8. The predicted molar refractivity (Wildman–Crippen MR) is 476 cm³/mol. The molecule has 0 radical (unpaired) electrons. The van der Waals surface area contributed by atoms with Crippen LogP contribution < -0.4 is 19.6 Å². The Labute approximate surface area is 663 Å². The molecule has 0 unspecified atom stereocenters. The zero-order chi connectivity index (χ0) is 76.6. The molecule has 0 saturated carbocycles. The molecule has 0 saturated heterocycles. The van der Waals surface area contributed by atoms with Crippen LogP contribution in [-0.4, -0.2) is 47.8 Å². The second-order valence-electron chi connectivity index (χ2n) is 33.7. The van der Waals surface area contributed by atoms with Gasteiger partial charge in [0.25, 0.3) is 0 Å². The first-order valence-corrected chi connectivity index (χ1v) is 40.8. The maximum absolute atomic E-state index is 2.70. The summed E-state index contributed by atoms with van der Waals surface area (Å²) in [5, 5.41) is 10.5. The molecule has 0 bridgehead atoms. The lowest BCUT2D eigenvalue weighted by Gasteiger charge is -2.29. The van der Waals surface area contributed by atoms with E-state index in [1.807, 2.05) is 0 Å². The highest BCUT2D eigenvalue weighted by Crippen LogP contribution is 2.54. The zero-order valence-electron chi connectivity index (χ0n) is 66.8. The van der Waals surface area contributed by atoms with E-state index in [2.05, 4.69) is 414 Å². The van der Waals surface area contributed by atoms with Crippen molar-refractivity contribution in [2.45, 2.75) is 128 Å². The monoisotopic (exact) mass is 1460 g/mol. The van der Waals surface area contributed by atoms with Crippen molar-refractivity contribution in [1.29, 1.82) is 0 Å². The third kappa shape index (κ3) is 12.2. The SMILES string of the molecule is CN1C(=CC=C2CCC(C=CC3=[N+](CCCCCC[N+]4=C(C=CC5=C(N(c6ccccc6)c6ccccc6)C(=CC=C6N(C)c7ccc8ccccc8c7C6(C)C)CC5)C(C)(C)c5c4ccc4ccccc54)c4ccc5ccccc5c4C3(C)C)=C2N(c2ccccc2)c2ccccc2)C(C)(C)c2c1ccc1ccccc21. The van der Waals surface area contributed by atoms with Crippen LogP contribution >= 0.6 is 0 Å². The third-order valence-corrected chi connectivity index (χ3v) is 25.6. The highest BCUT2D eigenvalue weighted by molar-refractivity contribution is 6.09. The molecule has 6 aliphatic rings. The third-order valence-electron chi connectivity index (χ3n) is 25.6. The molecule has 4 aliphatic heterocycles. The fourth-order valence-corrected chi connectivity index (χ4v) is 20.3. The highest BCUT2D eigenvalue weighted by atomic mass is 15.2. The smallest absolute Gasteiger partial charge is 0.210 e. The van der Waals surface area contributed by atoms with Crippen LogP contribution in [0.15, 0.2) is 361 Å². The van der Waals surface area contributed by atoms with Gasteiger partial charge in [0.05, 0.1) is 22.2 Å². The molecule has 554 valence electrons. The van der Waals surface area contributed by atoms with Gasteiger partial charge in [-0.05, 0) is 228 Å². The predicted octanol–water partition coefficient (Wildman–Crippen LogP) is 26.7. The number of likely N-dealkylation sites (N-methyl/N-ethyl adjacent to an activating group) is 2. The van der Waals surface area contributed by atoms with E-state index in [0.29, 0.717) is 0 Å². The fourth-order valence-electron chi connectivity index (χ4n) is 20.3. The normalized spacial score (nSPS) is 18.8. The topological polar surface area (TPSA) is 19.0 Å². The van der Waals surface area contributed by atoms with Gasteiger partial charge in [-0.1, -0.05) is 234 Å². The van der Waals surface area contributed by atoms with E-state index in [9.17, 15) is 0 Å². The first-order chi connectivity index (χ1) is 54.5. The Kier molecular flexibility index (Phi) is 18.4. The molecule has 0 amide bonds. The van der Waals surface area contributed by atoms with Crippen LogP contribution in [-0.2, 0) is 21.7 Å². The number of benzene rings is 12. The quantitative estimate of drug-likeness (QED) is 0.0593.